The quantitative estimate of drug-likeness (QED) is 0.562. The van der Waals surface area contributed by atoms with Crippen LogP contribution in [-0.2, 0) is 0 Å². The number of hydrogen-bond acceptors (Lipinski definition) is 5. The van der Waals surface area contributed by atoms with Gasteiger partial charge in [0, 0.05) is 22.2 Å². The molecule has 0 bridgehead atoms. The maximum Gasteiger partial charge on any atom is 0.239 e. The van der Waals surface area contributed by atoms with Gasteiger partial charge in [-0.25, -0.2) is 0 Å². The van der Waals surface area contributed by atoms with Crippen LogP contribution in [0, 0.1) is 0 Å². The molecule has 0 fully saturated rings. The molecule has 3 rings (SSSR count). The van der Waals surface area contributed by atoms with E-state index >= 15 is 0 Å². The van der Waals surface area contributed by atoms with Gasteiger partial charge in [-0.3, -0.25) is 4.79 Å². The number of ether oxygens (including phenoxy) is 2. The minimum atomic E-state index is -0.427. The molecule has 1 aromatic heterocycles. The molecule has 2 aromatic carbocycles. The van der Waals surface area contributed by atoms with Gasteiger partial charge in [0.15, 0.2) is 5.76 Å². The number of phenols is 1. The Morgan fingerprint density at radius 2 is 1.92 bits per heavy atom. The highest BCUT2D eigenvalue weighted by atomic mass is 79.9. The fraction of sp³-hybridized carbons (Fsp3) is 0.250. The van der Waals surface area contributed by atoms with E-state index in [0.717, 1.165) is 17.3 Å². The molecule has 0 saturated heterocycles. The van der Waals surface area contributed by atoms with Crippen LogP contribution in [0.1, 0.15) is 19.8 Å². The lowest BCUT2D eigenvalue weighted by Gasteiger charge is -2.12. The van der Waals surface area contributed by atoms with Crippen LogP contribution >= 0.6 is 15.9 Å². The fourth-order valence-corrected chi connectivity index (χ4v) is 2.92. The number of fused-ring (bicyclic) bond motifs is 1. The molecule has 0 unspecified atom stereocenters. The van der Waals surface area contributed by atoms with Crippen molar-refractivity contribution in [1.29, 1.82) is 0 Å². The molecule has 3 aromatic rings. The first-order valence-electron chi connectivity index (χ1n) is 8.31. The third-order valence-corrected chi connectivity index (χ3v) is 4.51. The first-order chi connectivity index (χ1) is 12.5. The summed E-state index contributed by atoms with van der Waals surface area (Å²) in [7, 11) is 1.40. The van der Waals surface area contributed by atoms with Crippen LogP contribution in [0.3, 0.4) is 0 Å². The van der Waals surface area contributed by atoms with E-state index in [-0.39, 0.29) is 22.5 Å². The predicted octanol–water partition coefficient (Wildman–Crippen LogP) is 5.12. The first kappa shape index (κ1) is 18.3. The normalized spacial score (nSPS) is 10.9. The highest BCUT2D eigenvalue weighted by molar-refractivity contribution is 9.10. The van der Waals surface area contributed by atoms with Crippen LogP contribution in [-0.4, -0.2) is 18.8 Å². The summed E-state index contributed by atoms with van der Waals surface area (Å²) in [5.74, 6) is 0.624. The molecule has 136 valence electrons. The third kappa shape index (κ3) is 3.55. The van der Waals surface area contributed by atoms with E-state index in [0.29, 0.717) is 23.7 Å². The zero-order valence-electron chi connectivity index (χ0n) is 14.5. The maximum atomic E-state index is 12.8. The second-order valence-electron chi connectivity index (χ2n) is 5.82. The number of rotatable bonds is 6. The Labute approximate surface area is 159 Å². The molecule has 5 nitrogen and oxygen atoms in total. The largest absolute Gasteiger partial charge is 0.507 e. The lowest BCUT2D eigenvalue weighted by Crippen LogP contribution is -2.08. The number of methoxy groups -OCH3 is 1. The van der Waals surface area contributed by atoms with Crippen molar-refractivity contribution in [2.45, 2.75) is 19.8 Å². The van der Waals surface area contributed by atoms with E-state index in [4.69, 9.17) is 13.9 Å². The van der Waals surface area contributed by atoms with Crippen molar-refractivity contribution < 1.29 is 19.0 Å². The summed E-state index contributed by atoms with van der Waals surface area (Å²) in [6, 6.07) is 10.4. The summed E-state index contributed by atoms with van der Waals surface area (Å²) in [5.41, 5.74) is 0.519. The average molecular weight is 419 g/mol. The molecule has 1 N–H and O–H groups in total. The lowest BCUT2D eigenvalue weighted by molar-refractivity contribution is 0.307. The predicted molar refractivity (Wildman–Crippen MR) is 104 cm³/mol. The van der Waals surface area contributed by atoms with Crippen LogP contribution in [0.25, 0.3) is 22.3 Å². The Hall–Kier alpha value is -2.47. The van der Waals surface area contributed by atoms with Crippen LogP contribution in [0.5, 0.6) is 17.2 Å². The molecule has 0 radical (unpaired) electrons. The molecule has 0 aliphatic rings. The van der Waals surface area contributed by atoms with E-state index in [9.17, 15) is 9.90 Å². The van der Waals surface area contributed by atoms with Crippen LogP contribution in [0.4, 0.5) is 0 Å². The molecule has 0 aliphatic heterocycles. The van der Waals surface area contributed by atoms with Crippen molar-refractivity contribution in [3.8, 4) is 28.6 Å². The van der Waals surface area contributed by atoms with Crippen molar-refractivity contribution in [2.75, 3.05) is 13.7 Å². The highest BCUT2D eigenvalue weighted by Gasteiger charge is 2.20. The Morgan fingerprint density at radius 3 is 2.58 bits per heavy atom. The Morgan fingerprint density at radius 1 is 1.19 bits per heavy atom. The van der Waals surface area contributed by atoms with Crippen LogP contribution < -0.4 is 14.9 Å². The molecule has 0 aliphatic carbocycles. The van der Waals surface area contributed by atoms with E-state index in [2.05, 4.69) is 22.9 Å². The van der Waals surface area contributed by atoms with Gasteiger partial charge in [0.2, 0.25) is 11.2 Å². The molecule has 0 amide bonds. The Bertz CT molecular complexity index is 976. The van der Waals surface area contributed by atoms with Gasteiger partial charge in [-0.2, -0.15) is 0 Å². The lowest BCUT2D eigenvalue weighted by atomic mass is 10.1. The number of phenolic OH excluding ortho intramolecular Hbond substituents is 1. The van der Waals surface area contributed by atoms with Crippen LogP contribution in [0.15, 0.2) is 50.1 Å². The minimum absolute atomic E-state index is 0.0507. The fourth-order valence-electron chi connectivity index (χ4n) is 2.65. The van der Waals surface area contributed by atoms with Crippen molar-refractivity contribution in [3.63, 3.8) is 0 Å². The summed E-state index contributed by atoms with van der Waals surface area (Å²) in [4.78, 5) is 12.8. The molecule has 0 saturated carbocycles. The van der Waals surface area contributed by atoms with E-state index in [1.54, 1.807) is 6.07 Å². The summed E-state index contributed by atoms with van der Waals surface area (Å²) in [6.07, 6.45) is 1.90. The van der Waals surface area contributed by atoms with E-state index < -0.39 is 5.43 Å². The number of benzene rings is 2. The van der Waals surface area contributed by atoms with Crippen LogP contribution in [0.2, 0.25) is 0 Å². The zero-order valence-corrected chi connectivity index (χ0v) is 16.1. The summed E-state index contributed by atoms with van der Waals surface area (Å²) < 4.78 is 17.8. The number of halogens is 1. The second-order valence-corrected chi connectivity index (χ2v) is 6.73. The van der Waals surface area contributed by atoms with Gasteiger partial charge in [0.05, 0.1) is 13.7 Å². The van der Waals surface area contributed by atoms with E-state index in [1.165, 1.54) is 13.2 Å². The molecular formula is C20H19BrO5. The minimum Gasteiger partial charge on any atom is -0.507 e. The highest BCUT2D eigenvalue weighted by Crippen LogP contribution is 2.36. The van der Waals surface area contributed by atoms with Gasteiger partial charge in [0.25, 0.3) is 0 Å². The topological polar surface area (TPSA) is 68.9 Å². The van der Waals surface area contributed by atoms with Gasteiger partial charge in [-0.15, -0.1) is 0 Å². The number of unbranched alkanes of at least 4 members (excludes halogenated alkanes) is 1. The van der Waals surface area contributed by atoms with Gasteiger partial charge >= 0.3 is 0 Å². The summed E-state index contributed by atoms with van der Waals surface area (Å²) >= 11 is 3.38. The van der Waals surface area contributed by atoms with Gasteiger partial charge in [0.1, 0.15) is 22.5 Å². The smallest absolute Gasteiger partial charge is 0.239 e. The molecule has 0 spiro atoms. The summed E-state index contributed by atoms with van der Waals surface area (Å²) in [6.45, 7) is 2.60. The zero-order chi connectivity index (χ0) is 18.7. The molecule has 26 heavy (non-hydrogen) atoms. The average Bonchev–Trinajstić information content (AvgIpc) is 2.62. The Balaban J connectivity index is 2.18. The molecule has 6 heteroatoms. The van der Waals surface area contributed by atoms with Gasteiger partial charge < -0.3 is 19.0 Å². The number of hydrogen-bond donors (Lipinski definition) is 1. The van der Waals surface area contributed by atoms with Crippen molar-refractivity contribution in [2.24, 2.45) is 0 Å². The standard InChI is InChI=1S/C20H19BrO5/c1-3-4-9-25-14-10-15(22)17-16(11-14)26-19(20(24-2)18(17)23)12-5-7-13(21)8-6-12/h5-8,10-11,22H,3-4,9H2,1-2H3. The molecular weight excluding hydrogens is 400 g/mol. The maximum absolute atomic E-state index is 12.8. The van der Waals surface area contributed by atoms with Gasteiger partial charge in [-0.1, -0.05) is 29.3 Å². The SMILES string of the molecule is CCCCOc1cc(O)c2c(=O)c(OC)c(-c3ccc(Br)cc3)oc2c1. The molecule has 1 heterocycles. The van der Waals surface area contributed by atoms with Crippen molar-refractivity contribution >= 4 is 26.9 Å². The van der Waals surface area contributed by atoms with Crippen molar-refractivity contribution in [3.05, 3.63) is 51.1 Å². The summed E-state index contributed by atoms with van der Waals surface area (Å²) in [5, 5.41) is 10.4. The third-order valence-electron chi connectivity index (χ3n) is 3.98. The van der Waals surface area contributed by atoms with Crippen molar-refractivity contribution in [1.82, 2.24) is 0 Å². The molecule has 0 atom stereocenters. The number of aromatic hydroxyl groups is 1. The van der Waals surface area contributed by atoms with Gasteiger partial charge in [-0.05, 0) is 30.7 Å². The first-order valence-corrected chi connectivity index (χ1v) is 9.11. The monoisotopic (exact) mass is 418 g/mol. The van der Waals surface area contributed by atoms with E-state index in [1.807, 2.05) is 24.3 Å². The Kier molecular flexibility index (Phi) is 5.52. The second kappa shape index (κ2) is 7.83.